The van der Waals surface area contributed by atoms with Crippen LogP contribution in [0.3, 0.4) is 0 Å². The predicted octanol–water partition coefficient (Wildman–Crippen LogP) is 1.13. The molecule has 2 aromatic rings. The van der Waals surface area contributed by atoms with E-state index in [-0.39, 0.29) is 10.7 Å². The minimum absolute atomic E-state index is 0.00545. The first kappa shape index (κ1) is 20.4. The third kappa shape index (κ3) is 4.40. The number of quaternary nitrogens is 1. The summed E-state index contributed by atoms with van der Waals surface area (Å²) in [5.41, 5.74) is 1.56. The molecule has 0 spiro atoms. The fourth-order valence-electron chi connectivity index (χ4n) is 3.38. The minimum atomic E-state index is -3.62. The van der Waals surface area contributed by atoms with Crippen molar-refractivity contribution < 1.29 is 27.2 Å². The molecule has 8 heteroatoms. The highest BCUT2D eigenvalue weighted by Gasteiger charge is 2.30. The van der Waals surface area contributed by atoms with Crippen molar-refractivity contribution in [1.82, 2.24) is 4.31 Å². The number of rotatable bonds is 6. The SMILES string of the molecule is COc1ccc(C(C)=O)cc1C[NH+]1CCN(S(=O)(=O)c2ccc(F)cc2)CC1. The summed E-state index contributed by atoms with van der Waals surface area (Å²) in [5.74, 6) is 0.253. The molecule has 1 heterocycles. The summed E-state index contributed by atoms with van der Waals surface area (Å²) in [6.07, 6.45) is 0. The summed E-state index contributed by atoms with van der Waals surface area (Å²) in [7, 11) is -2.03. The van der Waals surface area contributed by atoms with Crippen molar-refractivity contribution in [1.29, 1.82) is 0 Å². The van der Waals surface area contributed by atoms with E-state index in [0.29, 0.717) is 38.3 Å². The van der Waals surface area contributed by atoms with Crippen LogP contribution in [-0.4, -0.2) is 51.8 Å². The van der Waals surface area contributed by atoms with Crippen LogP contribution < -0.4 is 9.64 Å². The number of hydrogen-bond donors (Lipinski definition) is 1. The quantitative estimate of drug-likeness (QED) is 0.729. The van der Waals surface area contributed by atoms with Crippen LogP contribution in [0.5, 0.6) is 5.75 Å². The standard InChI is InChI=1S/C20H23FN2O4S/c1-15(24)16-3-8-20(27-2)17(13-16)14-22-9-11-23(12-10-22)28(25,26)19-6-4-18(21)5-7-19/h3-8,13H,9-12,14H2,1-2H3/p+1. The van der Waals surface area contributed by atoms with Gasteiger partial charge in [-0.05, 0) is 49.4 Å². The van der Waals surface area contributed by atoms with Crippen LogP contribution in [0.4, 0.5) is 4.39 Å². The van der Waals surface area contributed by atoms with E-state index in [4.69, 9.17) is 4.74 Å². The van der Waals surface area contributed by atoms with Crippen molar-refractivity contribution in [3.05, 3.63) is 59.4 Å². The number of benzene rings is 2. The molecule has 6 nitrogen and oxygen atoms in total. The van der Waals surface area contributed by atoms with E-state index in [9.17, 15) is 17.6 Å². The van der Waals surface area contributed by atoms with Crippen LogP contribution in [0.15, 0.2) is 47.4 Å². The molecule has 2 aromatic carbocycles. The number of sulfonamides is 1. The fraction of sp³-hybridized carbons (Fsp3) is 0.350. The number of nitrogens with one attached hydrogen (secondary N) is 1. The van der Waals surface area contributed by atoms with E-state index in [1.165, 1.54) is 28.3 Å². The molecule has 0 radical (unpaired) electrons. The second-order valence-corrected chi connectivity index (χ2v) is 8.81. The highest BCUT2D eigenvalue weighted by Crippen LogP contribution is 2.20. The van der Waals surface area contributed by atoms with E-state index in [0.717, 1.165) is 23.4 Å². The zero-order chi connectivity index (χ0) is 20.3. The van der Waals surface area contributed by atoms with Gasteiger partial charge in [0.25, 0.3) is 0 Å². The molecule has 1 aliphatic rings. The second kappa shape index (κ2) is 8.38. The Balaban J connectivity index is 1.68. The Morgan fingerprint density at radius 1 is 1.14 bits per heavy atom. The lowest BCUT2D eigenvalue weighted by atomic mass is 10.1. The third-order valence-electron chi connectivity index (χ3n) is 5.01. The van der Waals surface area contributed by atoms with Gasteiger partial charge in [0.1, 0.15) is 18.1 Å². The predicted molar refractivity (Wildman–Crippen MR) is 103 cm³/mol. The van der Waals surface area contributed by atoms with Crippen molar-refractivity contribution in [2.75, 3.05) is 33.3 Å². The maximum Gasteiger partial charge on any atom is 0.243 e. The largest absolute Gasteiger partial charge is 0.496 e. The lowest BCUT2D eigenvalue weighted by Gasteiger charge is -2.31. The summed E-state index contributed by atoms with van der Waals surface area (Å²) in [6, 6.07) is 10.3. The molecule has 1 aliphatic heterocycles. The zero-order valence-electron chi connectivity index (χ0n) is 15.9. The summed E-state index contributed by atoms with van der Waals surface area (Å²) in [5, 5.41) is 0. The number of piperazine rings is 1. The van der Waals surface area contributed by atoms with Crippen LogP contribution in [0.25, 0.3) is 0 Å². The molecule has 1 fully saturated rings. The Morgan fingerprint density at radius 2 is 1.79 bits per heavy atom. The molecule has 0 bridgehead atoms. The van der Waals surface area contributed by atoms with E-state index in [1.54, 1.807) is 19.2 Å². The molecular formula is C20H24FN2O4S+. The second-order valence-electron chi connectivity index (χ2n) is 6.87. The van der Waals surface area contributed by atoms with Crippen molar-refractivity contribution in [2.24, 2.45) is 0 Å². The van der Waals surface area contributed by atoms with Crippen LogP contribution >= 0.6 is 0 Å². The highest BCUT2D eigenvalue weighted by molar-refractivity contribution is 7.89. The molecule has 0 saturated carbocycles. The molecule has 0 aliphatic carbocycles. The number of carbonyl (C=O) groups is 1. The normalized spacial score (nSPS) is 16.1. The van der Waals surface area contributed by atoms with Gasteiger partial charge in [-0.15, -0.1) is 0 Å². The first-order chi connectivity index (χ1) is 13.3. The maximum absolute atomic E-state index is 13.1. The van der Waals surface area contributed by atoms with Gasteiger partial charge < -0.3 is 9.64 Å². The lowest BCUT2D eigenvalue weighted by Crippen LogP contribution is -3.13. The number of carbonyl (C=O) groups excluding carboxylic acids is 1. The van der Waals surface area contributed by atoms with Crippen LogP contribution in [-0.2, 0) is 16.6 Å². The topological polar surface area (TPSA) is 68.1 Å². The van der Waals surface area contributed by atoms with E-state index in [1.807, 2.05) is 6.07 Å². The maximum atomic E-state index is 13.1. The van der Waals surface area contributed by atoms with Gasteiger partial charge >= 0.3 is 0 Å². The number of ketones is 1. The Kier molecular flexibility index (Phi) is 6.12. The fourth-order valence-corrected chi connectivity index (χ4v) is 4.82. The van der Waals surface area contributed by atoms with E-state index in [2.05, 4.69) is 0 Å². The van der Waals surface area contributed by atoms with Crippen molar-refractivity contribution in [3.63, 3.8) is 0 Å². The van der Waals surface area contributed by atoms with Crippen LogP contribution in [0.1, 0.15) is 22.8 Å². The molecule has 0 atom stereocenters. The molecule has 0 aromatic heterocycles. The summed E-state index contributed by atoms with van der Waals surface area (Å²) in [6.45, 7) is 4.20. The molecule has 1 N–H and O–H groups in total. The molecule has 3 rings (SSSR count). The summed E-state index contributed by atoms with van der Waals surface area (Å²) in [4.78, 5) is 13.0. The first-order valence-corrected chi connectivity index (χ1v) is 10.5. The number of Topliss-reactive ketones (excluding diaryl/α,β-unsaturated/α-hetero) is 1. The lowest BCUT2D eigenvalue weighted by molar-refractivity contribution is -0.917. The molecule has 150 valence electrons. The third-order valence-corrected chi connectivity index (χ3v) is 6.92. The molecular weight excluding hydrogens is 383 g/mol. The smallest absolute Gasteiger partial charge is 0.243 e. The Labute approximate surface area is 164 Å². The highest BCUT2D eigenvalue weighted by atomic mass is 32.2. The summed E-state index contributed by atoms with van der Waals surface area (Å²) < 4.78 is 45.4. The van der Waals surface area contributed by atoms with Gasteiger partial charge in [0.15, 0.2) is 5.78 Å². The van der Waals surface area contributed by atoms with E-state index < -0.39 is 15.8 Å². The van der Waals surface area contributed by atoms with E-state index >= 15 is 0 Å². The van der Waals surface area contributed by atoms with Gasteiger partial charge in [0.2, 0.25) is 10.0 Å². The zero-order valence-corrected chi connectivity index (χ0v) is 16.8. The number of nitrogens with zero attached hydrogens (tertiary/aromatic N) is 1. The van der Waals surface area contributed by atoms with Crippen LogP contribution in [0, 0.1) is 5.82 Å². The minimum Gasteiger partial charge on any atom is -0.496 e. The number of hydrogen-bond acceptors (Lipinski definition) is 4. The molecule has 0 amide bonds. The Morgan fingerprint density at radius 3 is 2.36 bits per heavy atom. The number of methoxy groups -OCH3 is 1. The average Bonchev–Trinajstić information content (AvgIpc) is 2.68. The van der Waals surface area contributed by atoms with Crippen molar-refractivity contribution >= 4 is 15.8 Å². The Bertz CT molecular complexity index is 953. The van der Waals surface area contributed by atoms with Gasteiger partial charge in [-0.3, -0.25) is 4.79 Å². The monoisotopic (exact) mass is 407 g/mol. The number of halogens is 1. The number of ether oxygens (including phenoxy) is 1. The molecule has 1 saturated heterocycles. The van der Waals surface area contributed by atoms with Gasteiger partial charge in [0, 0.05) is 11.1 Å². The molecule has 28 heavy (non-hydrogen) atoms. The van der Waals surface area contributed by atoms with Crippen molar-refractivity contribution in [3.8, 4) is 5.75 Å². The van der Waals surface area contributed by atoms with Gasteiger partial charge in [-0.25, -0.2) is 12.8 Å². The Hall–Kier alpha value is -2.29. The first-order valence-electron chi connectivity index (χ1n) is 9.08. The summed E-state index contributed by atoms with van der Waals surface area (Å²) >= 11 is 0. The van der Waals surface area contributed by atoms with Gasteiger partial charge in [-0.1, -0.05) is 0 Å². The van der Waals surface area contributed by atoms with Gasteiger partial charge in [-0.2, -0.15) is 4.31 Å². The van der Waals surface area contributed by atoms with Crippen molar-refractivity contribution in [2.45, 2.75) is 18.4 Å². The van der Waals surface area contributed by atoms with Gasteiger partial charge in [0.05, 0.1) is 38.2 Å². The van der Waals surface area contributed by atoms with Crippen LogP contribution in [0.2, 0.25) is 0 Å². The molecule has 0 unspecified atom stereocenters. The average molecular weight is 407 g/mol.